The lowest BCUT2D eigenvalue weighted by molar-refractivity contribution is 0.0950. The quantitative estimate of drug-likeness (QED) is 0.834. The van der Waals surface area contributed by atoms with E-state index in [1.54, 1.807) is 0 Å². The van der Waals surface area contributed by atoms with Crippen LogP contribution in [0.5, 0.6) is 0 Å². The summed E-state index contributed by atoms with van der Waals surface area (Å²) in [6.45, 7) is 2.46. The molecule has 4 heteroatoms. The van der Waals surface area contributed by atoms with Gasteiger partial charge in [-0.15, -0.1) is 0 Å². The lowest BCUT2D eigenvalue weighted by Crippen LogP contribution is -2.23. The molecule has 2 aromatic rings. The number of carbonyl (C=O) groups is 1. The number of benzene rings is 2. The molecule has 0 bridgehead atoms. The van der Waals surface area contributed by atoms with Gasteiger partial charge in [0.05, 0.1) is 0 Å². The van der Waals surface area contributed by atoms with Crippen LogP contribution >= 0.6 is 31.9 Å². The van der Waals surface area contributed by atoms with Gasteiger partial charge in [0.2, 0.25) is 0 Å². The Bertz CT molecular complexity index is 594. The fourth-order valence-corrected chi connectivity index (χ4v) is 2.36. The second-order valence-corrected chi connectivity index (χ2v) is 5.99. The molecule has 2 nitrogen and oxygen atoms in total. The Hall–Kier alpha value is -1.13. The molecule has 1 amide bonds. The zero-order valence-corrected chi connectivity index (χ0v) is 13.6. The van der Waals surface area contributed by atoms with E-state index in [0.717, 1.165) is 20.1 Å². The summed E-state index contributed by atoms with van der Waals surface area (Å²) in [5.41, 5.74) is 2.73. The second kappa shape index (κ2) is 6.35. The van der Waals surface area contributed by atoms with E-state index in [9.17, 15) is 4.79 Å². The fraction of sp³-hybridized carbons (Fsp3) is 0.133. The summed E-state index contributed by atoms with van der Waals surface area (Å²) < 4.78 is 1.98. The van der Waals surface area contributed by atoms with Crippen molar-refractivity contribution in [3.8, 4) is 0 Å². The Kier molecular flexibility index (Phi) is 4.77. The molecule has 19 heavy (non-hydrogen) atoms. The van der Waals surface area contributed by atoms with Gasteiger partial charge in [-0.05, 0) is 42.3 Å². The highest BCUT2D eigenvalue weighted by atomic mass is 79.9. The molecule has 0 heterocycles. The van der Waals surface area contributed by atoms with Crippen LogP contribution in [-0.4, -0.2) is 5.91 Å². The van der Waals surface area contributed by atoms with E-state index in [0.29, 0.717) is 12.1 Å². The first-order valence-electron chi connectivity index (χ1n) is 5.85. The van der Waals surface area contributed by atoms with Crippen molar-refractivity contribution in [3.63, 3.8) is 0 Å². The number of hydrogen-bond acceptors (Lipinski definition) is 1. The summed E-state index contributed by atoms with van der Waals surface area (Å²) in [5.74, 6) is -0.0540. The third-order valence-corrected chi connectivity index (χ3v) is 4.27. The van der Waals surface area contributed by atoms with E-state index < -0.39 is 0 Å². The molecule has 0 aliphatic carbocycles. The van der Waals surface area contributed by atoms with E-state index in [2.05, 4.69) is 37.2 Å². The highest BCUT2D eigenvalue weighted by molar-refractivity contribution is 9.10. The van der Waals surface area contributed by atoms with Crippen LogP contribution in [0.2, 0.25) is 0 Å². The smallest absolute Gasteiger partial charge is 0.251 e. The maximum Gasteiger partial charge on any atom is 0.251 e. The van der Waals surface area contributed by atoms with Crippen molar-refractivity contribution >= 4 is 37.8 Å². The van der Waals surface area contributed by atoms with Crippen molar-refractivity contribution in [2.24, 2.45) is 0 Å². The largest absolute Gasteiger partial charge is 0.348 e. The minimum atomic E-state index is -0.0540. The zero-order valence-electron chi connectivity index (χ0n) is 10.4. The standard InChI is InChI=1S/C15H13Br2NO/c1-10-13(3-2-4-14(10)17)15(19)18-9-11-5-7-12(16)8-6-11/h2-8H,9H2,1H3,(H,18,19). The fourth-order valence-electron chi connectivity index (χ4n) is 1.73. The third kappa shape index (κ3) is 3.67. The van der Waals surface area contributed by atoms with E-state index >= 15 is 0 Å². The number of hydrogen-bond donors (Lipinski definition) is 1. The first-order valence-corrected chi connectivity index (χ1v) is 7.44. The minimum Gasteiger partial charge on any atom is -0.348 e. The van der Waals surface area contributed by atoms with Crippen molar-refractivity contribution in [2.45, 2.75) is 13.5 Å². The molecule has 0 radical (unpaired) electrons. The molecular formula is C15H13Br2NO. The van der Waals surface area contributed by atoms with Crippen LogP contribution in [0.4, 0.5) is 0 Å². The van der Waals surface area contributed by atoms with Crippen molar-refractivity contribution in [3.05, 3.63) is 68.1 Å². The Morgan fingerprint density at radius 2 is 1.79 bits per heavy atom. The Labute approximate surface area is 129 Å². The van der Waals surface area contributed by atoms with Crippen molar-refractivity contribution in [1.29, 1.82) is 0 Å². The number of amides is 1. The van der Waals surface area contributed by atoms with Gasteiger partial charge in [-0.1, -0.05) is 50.1 Å². The Morgan fingerprint density at radius 3 is 2.47 bits per heavy atom. The molecule has 0 saturated heterocycles. The number of carbonyl (C=O) groups excluding carboxylic acids is 1. The van der Waals surface area contributed by atoms with Gasteiger partial charge in [0.25, 0.3) is 5.91 Å². The Morgan fingerprint density at radius 1 is 1.11 bits per heavy atom. The van der Waals surface area contributed by atoms with Crippen LogP contribution in [0, 0.1) is 6.92 Å². The molecule has 98 valence electrons. The zero-order chi connectivity index (χ0) is 13.8. The predicted molar refractivity (Wildman–Crippen MR) is 84.2 cm³/mol. The summed E-state index contributed by atoms with van der Waals surface area (Å²) in [4.78, 5) is 12.1. The number of halogens is 2. The van der Waals surface area contributed by atoms with Gasteiger partial charge in [-0.25, -0.2) is 0 Å². The van der Waals surface area contributed by atoms with Crippen LogP contribution in [0.15, 0.2) is 51.4 Å². The summed E-state index contributed by atoms with van der Waals surface area (Å²) in [6, 6.07) is 13.5. The van der Waals surface area contributed by atoms with Gasteiger partial charge in [-0.3, -0.25) is 4.79 Å². The molecule has 1 N–H and O–H groups in total. The SMILES string of the molecule is Cc1c(Br)cccc1C(=O)NCc1ccc(Br)cc1. The molecule has 0 aromatic heterocycles. The van der Waals surface area contributed by atoms with E-state index in [-0.39, 0.29) is 5.91 Å². The van der Waals surface area contributed by atoms with Gasteiger partial charge in [0, 0.05) is 21.1 Å². The van der Waals surface area contributed by atoms with Gasteiger partial charge in [0.1, 0.15) is 0 Å². The lowest BCUT2D eigenvalue weighted by atomic mass is 10.1. The lowest BCUT2D eigenvalue weighted by Gasteiger charge is -2.09. The number of nitrogens with one attached hydrogen (secondary N) is 1. The van der Waals surface area contributed by atoms with Crippen molar-refractivity contribution in [1.82, 2.24) is 5.32 Å². The Balaban J connectivity index is 2.05. The summed E-state index contributed by atoms with van der Waals surface area (Å²) in [7, 11) is 0. The average Bonchev–Trinajstić information content (AvgIpc) is 2.41. The number of rotatable bonds is 3. The molecule has 0 atom stereocenters. The first kappa shape index (κ1) is 14.3. The normalized spacial score (nSPS) is 10.3. The van der Waals surface area contributed by atoms with Gasteiger partial charge in [-0.2, -0.15) is 0 Å². The van der Waals surface area contributed by atoms with E-state index in [4.69, 9.17) is 0 Å². The van der Waals surface area contributed by atoms with Gasteiger partial charge < -0.3 is 5.32 Å². The molecule has 0 unspecified atom stereocenters. The third-order valence-electron chi connectivity index (χ3n) is 2.88. The molecule has 0 saturated carbocycles. The second-order valence-electron chi connectivity index (χ2n) is 4.22. The molecule has 0 aliphatic rings. The highest BCUT2D eigenvalue weighted by Crippen LogP contribution is 2.19. The molecule has 2 rings (SSSR count). The summed E-state index contributed by atoms with van der Waals surface area (Å²) in [5, 5.41) is 2.93. The van der Waals surface area contributed by atoms with Gasteiger partial charge in [0.15, 0.2) is 0 Å². The monoisotopic (exact) mass is 381 g/mol. The van der Waals surface area contributed by atoms with Crippen LogP contribution in [-0.2, 0) is 6.54 Å². The maximum atomic E-state index is 12.1. The average molecular weight is 383 g/mol. The molecule has 0 aliphatic heterocycles. The van der Waals surface area contributed by atoms with E-state index in [1.165, 1.54) is 0 Å². The van der Waals surface area contributed by atoms with Crippen molar-refractivity contribution in [2.75, 3.05) is 0 Å². The highest BCUT2D eigenvalue weighted by Gasteiger charge is 2.10. The topological polar surface area (TPSA) is 29.1 Å². The van der Waals surface area contributed by atoms with E-state index in [1.807, 2.05) is 49.4 Å². The van der Waals surface area contributed by atoms with Crippen LogP contribution in [0.3, 0.4) is 0 Å². The van der Waals surface area contributed by atoms with Crippen LogP contribution in [0.1, 0.15) is 21.5 Å². The molecular weight excluding hydrogens is 370 g/mol. The first-order chi connectivity index (χ1) is 9.08. The predicted octanol–water partition coefficient (Wildman–Crippen LogP) is 4.45. The molecule has 0 fully saturated rings. The van der Waals surface area contributed by atoms with Crippen molar-refractivity contribution < 1.29 is 4.79 Å². The van der Waals surface area contributed by atoms with Gasteiger partial charge >= 0.3 is 0 Å². The summed E-state index contributed by atoms with van der Waals surface area (Å²) in [6.07, 6.45) is 0. The molecule has 0 spiro atoms. The molecule has 2 aromatic carbocycles. The maximum absolute atomic E-state index is 12.1. The summed E-state index contributed by atoms with van der Waals surface area (Å²) >= 11 is 6.82. The van der Waals surface area contributed by atoms with Crippen LogP contribution in [0.25, 0.3) is 0 Å². The minimum absolute atomic E-state index is 0.0540. The van der Waals surface area contributed by atoms with Crippen LogP contribution < -0.4 is 5.32 Å².